The minimum absolute atomic E-state index is 0.351. The van der Waals surface area contributed by atoms with Gasteiger partial charge in [-0.15, -0.1) is 0 Å². The van der Waals surface area contributed by atoms with E-state index < -0.39 is 5.76 Å². The van der Waals surface area contributed by atoms with E-state index in [1.165, 1.54) is 0 Å². The van der Waals surface area contributed by atoms with E-state index in [-0.39, 0.29) is 0 Å². The number of rotatable bonds is 4. The number of hydrogen-bond acceptors (Lipinski definition) is 2. The molecule has 0 N–H and O–H groups in total. The van der Waals surface area contributed by atoms with Gasteiger partial charge in [0.1, 0.15) is 0 Å². The molecule has 0 amide bonds. The molecule has 1 atom stereocenters. The van der Waals surface area contributed by atoms with Crippen molar-refractivity contribution >= 4 is 11.8 Å². The second kappa shape index (κ2) is 4.28. The Kier molecular flexibility index (Phi) is 3.03. The molecule has 1 aliphatic heterocycles. The molecule has 76 valence electrons. The topological polar surface area (TPSA) is 12.5 Å². The summed E-state index contributed by atoms with van der Waals surface area (Å²) in [5.41, 5.74) is 1.14. The van der Waals surface area contributed by atoms with E-state index in [1.807, 2.05) is 12.1 Å². The van der Waals surface area contributed by atoms with Gasteiger partial charge in [0, 0.05) is 11.3 Å². The zero-order valence-corrected chi connectivity index (χ0v) is 8.27. The smallest absolute Gasteiger partial charge is 0.288 e. The van der Waals surface area contributed by atoms with Crippen molar-refractivity contribution in [3.8, 4) is 0 Å². The van der Waals surface area contributed by atoms with Crippen LogP contribution in [-0.2, 0) is 11.2 Å². The van der Waals surface area contributed by atoms with Gasteiger partial charge in [-0.1, -0.05) is 23.9 Å². The number of hydrogen-bond donors (Lipinski definition) is 0. The molecule has 1 nitrogen and oxygen atoms in total. The van der Waals surface area contributed by atoms with Gasteiger partial charge in [-0.25, -0.2) is 0 Å². The van der Waals surface area contributed by atoms with Gasteiger partial charge in [-0.05, 0) is 17.7 Å². The van der Waals surface area contributed by atoms with Gasteiger partial charge in [0.25, 0.3) is 5.76 Å². The summed E-state index contributed by atoms with van der Waals surface area (Å²) >= 11 is 0.577. The van der Waals surface area contributed by atoms with Gasteiger partial charge in [0.2, 0.25) is 0 Å². The van der Waals surface area contributed by atoms with E-state index in [4.69, 9.17) is 4.74 Å². The average molecular weight is 216 g/mol. The Morgan fingerprint density at radius 2 is 2.00 bits per heavy atom. The third-order valence-electron chi connectivity index (χ3n) is 2.01. The van der Waals surface area contributed by atoms with E-state index in [1.54, 1.807) is 12.1 Å². The number of alkyl halides is 2. The van der Waals surface area contributed by atoms with Crippen molar-refractivity contribution < 1.29 is 13.5 Å². The molecule has 0 spiro atoms. The van der Waals surface area contributed by atoms with E-state index in [9.17, 15) is 8.78 Å². The van der Waals surface area contributed by atoms with Crippen LogP contribution in [0.15, 0.2) is 29.2 Å². The molecule has 0 aromatic heterocycles. The van der Waals surface area contributed by atoms with Crippen LogP contribution >= 0.6 is 11.8 Å². The molecule has 0 aliphatic carbocycles. The first-order chi connectivity index (χ1) is 6.74. The molecule has 1 aliphatic rings. The third-order valence-corrected chi connectivity index (χ3v) is 2.74. The van der Waals surface area contributed by atoms with Gasteiger partial charge >= 0.3 is 0 Å². The zero-order chi connectivity index (χ0) is 9.97. The molecule has 2 rings (SSSR count). The fraction of sp³-hybridized carbons (Fsp3) is 0.400. The van der Waals surface area contributed by atoms with Crippen molar-refractivity contribution in [2.24, 2.45) is 0 Å². The maximum Gasteiger partial charge on any atom is 0.288 e. The molecular weight excluding hydrogens is 206 g/mol. The summed E-state index contributed by atoms with van der Waals surface area (Å²) in [4.78, 5) is 0.612. The first kappa shape index (κ1) is 9.93. The van der Waals surface area contributed by atoms with Crippen LogP contribution in [0.1, 0.15) is 5.56 Å². The van der Waals surface area contributed by atoms with Gasteiger partial charge in [-0.2, -0.15) is 8.78 Å². The van der Waals surface area contributed by atoms with Gasteiger partial charge in [0.15, 0.2) is 0 Å². The van der Waals surface area contributed by atoms with E-state index in [2.05, 4.69) is 0 Å². The van der Waals surface area contributed by atoms with Gasteiger partial charge in [-0.3, -0.25) is 0 Å². The van der Waals surface area contributed by atoms with Crippen molar-refractivity contribution in [1.29, 1.82) is 0 Å². The highest BCUT2D eigenvalue weighted by atomic mass is 32.2. The molecule has 1 saturated heterocycles. The Bertz CT molecular complexity index is 272. The van der Waals surface area contributed by atoms with Crippen LogP contribution < -0.4 is 0 Å². The predicted molar refractivity (Wildman–Crippen MR) is 51.7 cm³/mol. The lowest BCUT2D eigenvalue weighted by atomic mass is 10.1. The molecule has 0 saturated carbocycles. The SMILES string of the molecule is FC(F)Sc1ccc(CC2CO2)cc1. The standard InChI is InChI=1S/C10H10F2OS/c11-10(12)14-9-3-1-7(2-4-9)5-8-6-13-8/h1-4,8,10H,5-6H2. The van der Waals surface area contributed by atoms with Crippen LogP contribution in [0, 0.1) is 0 Å². The van der Waals surface area contributed by atoms with E-state index >= 15 is 0 Å². The van der Waals surface area contributed by atoms with Crippen LogP contribution in [0.3, 0.4) is 0 Å². The maximum absolute atomic E-state index is 12.0. The van der Waals surface area contributed by atoms with Crippen molar-refractivity contribution in [2.45, 2.75) is 23.2 Å². The number of thioether (sulfide) groups is 1. The second-order valence-corrected chi connectivity index (χ2v) is 4.25. The maximum atomic E-state index is 12.0. The molecule has 1 unspecified atom stereocenters. The van der Waals surface area contributed by atoms with Gasteiger partial charge < -0.3 is 4.74 Å². The fourth-order valence-corrected chi connectivity index (χ4v) is 1.75. The number of benzene rings is 1. The zero-order valence-electron chi connectivity index (χ0n) is 7.45. The van der Waals surface area contributed by atoms with Crippen LogP contribution in [0.2, 0.25) is 0 Å². The second-order valence-electron chi connectivity index (χ2n) is 3.18. The highest BCUT2D eigenvalue weighted by Crippen LogP contribution is 2.26. The minimum Gasteiger partial charge on any atom is -0.373 e. The summed E-state index contributed by atoms with van der Waals surface area (Å²) < 4.78 is 29.1. The highest BCUT2D eigenvalue weighted by Gasteiger charge is 2.22. The molecule has 1 fully saturated rings. The summed E-state index contributed by atoms with van der Waals surface area (Å²) in [6, 6.07) is 7.22. The Balaban J connectivity index is 1.94. The molecule has 1 aromatic rings. The molecule has 14 heavy (non-hydrogen) atoms. The molecule has 1 heterocycles. The lowest BCUT2D eigenvalue weighted by Crippen LogP contribution is -1.92. The summed E-state index contributed by atoms with van der Waals surface area (Å²) in [5, 5.41) is 0. The third kappa shape index (κ3) is 2.96. The number of epoxide rings is 1. The summed E-state index contributed by atoms with van der Waals surface area (Å²) in [6.07, 6.45) is 1.24. The van der Waals surface area contributed by atoms with E-state index in [0.29, 0.717) is 22.8 Å². The Hall–Kier alpha value is -0.610. The molecule has 1 aromatic carbocycles. The Labute approximate surface area is 85.5 Å². The van der Waals surface area contributed by atoms with Crippen molar-refractivity contribution in [3.05, 3.63) is 29.8 Å². The van der Waals surface area contributed by atoms with Crippen LogP contribution in [-0.4, -0.2) is 18.5 Å². The number of halogens is 2. The summed E-state index contributed by atoms with van der Waals surface area (Å²) in [6.45, 7) is 0.827. The average Bonchev–Trinajstić information content (AvgIpc) is 2.91. The first-order valence-corrected chi connectivity index (χ1v) is 5.27. The summed E-state index contributed by atoms with van der Waals surface area (Å²) in [5.74, 6) is -2.34. The van der Waals surface area contributed by atoms with Gasteiger partial charge in [0.05, 0.1) is 12.7 Å². The minimum atomic E-state index is -2.34. The quantitative estimate of drug-likeness (QED) is 0.566. The monoisotopic (exact) mass is 216 g/mol. The number of ether oxygens (including phenoxy) is 1. The van der Waals surface area contributed by atoms with Crippen LogP contribution in [0.25, 0.3) is 0 Å². The molecule has 4 heteroatoms. The lowest BCUT2D eigenvalue weighted by molar-refractivity contribution is 0.252. The predicted octanol–water partition coefficient (Wildman–Crippen LogP) is 2.94. The van der Waals surface area contributed by atoms with E-state index in [0.717, 1.165) is 18.6 Å². The Morgan fingerprint density at radius 3 is 2.50 bits per heavy atom. The highest BCUT2D eigenvalue weighted by molar-refractivity contribution is 7.99. The van der Waals surface area contributed by atoms with Crippen molar-refractivity contribution in [3.63, 3.8) is 0 Å². The molecule has 0 bridgehead atoms. The largest absolute Gasteiger partial charge is 0.373 e. The van der Waals surface area contributed by atoms with Crippen LogP contribution in [0.5, 0.6) is 0 Å². The molecular formula is C10H10F2OS. The first-order valence-electron chi connectivity index (χ1n) is 4.39. The van der Waals surface area contributed by atoms with Crippen molar-refractivity contribution in [1.82, 2.24) is 0 Å². The lowest BCUT2D eigenvalue weighted by Gasteiger charge is -2.01. The fourth-order valence-electron chi connectivity index (χ4n) is 1.26. The van der Waals surface area contributed by atoms with Crippen molar-refractivity contribution in [2.75, 3.05) is 6.61 Å². The Morgan fingerprint density at radius 1 is 1.36 bits per heavy atom. The molecule has 0 radical (unpaired) electrons. The van der Waals surface area contributed by atoms with Crippen LogP contribution in [0.4, 0.5) is 8.78 Å². The summed E-state index contributed by atoms with van der Waals surface area (Å²) in [7, 11) is 0. The normalized spacial score (nSPS) is 20.1.